The Morgan fingerprint density at radius 2 is 1.85 bits per heavy atom. The first-order valence-electron chi connectivity index (χ1n) is 7.71. The number of nitrogens with one attached hydrogen (secondary N) is 2. The maximum Gasteiger partial charge on any atom is 0.387 e. The lowest BCUT2D eigenvalue weighted by atomic mass is 10.3. The average Bonchev–Trinajstić information content (AvgIpc) is 3.15. The first-order valence-corrected chi connectivity index (χ1v) is 7.71. The minimum Gasteiger partial charge on any atom is -0.459 e. The zero-order valence-corrected chi connectivity index (χ0v) is 14.1. The van der Waals surface area contributed by atoms with Crippen LogP contribution in [0, 0.1) is 0 Å². The molecule has 0 aliphatic heterocycles. The van der Waals surface area contributed by atoms with Crippen molar-refractivity contribution >= 4 is 23.5 Å². The maximum atomic E-state index is 12.1. The Kier molecular flexibility index (Phi) is 6.86. The van der Waals surface area contributed by atoms with E-state index in [0.29, 0.717) is 5.69 Å². The summed E-state index contributed by atoms with van der Waals surface area (Å²) in [6, 6.07) is 7.15. The molecule has 8 nitrogen and oxygen atoms in total. The van der Waals surface area contributed by atoms with Gasteiger partial charge in [0.25, 0.3) is 11.8 Å². The molecule has 1 heterocycles. The van der Waals surface area contributed by atoms with Crippen molar-refractivity contribution in [2.45, 2.75) is 19.6 Å². The van der Waals surface area contributed by atoms with E-state index in [4.69, 9.17) is 9.15 Å². The number of alkyl halides is 2. The highest BCUT2D eigenvalue weighted by Gasteiger charge is 2.20. The van der Waals surface area contributed by atoms with Gasteiger partial charge in [0, 0.05) is 5.69 Å². The van der Waals surface area contributed by atoms with Crippen LogP contribution < -0.4 is 15.4 Å². The van der Waals surface area contributed by atoms with Gasteiger partial charge in [-0.3, -0.25) is 9.59 Å². The molecule has 27 heavy (non-hydrogen) atoms. The Hall–Kier alpha value is -3.43. The highest BCUT2D eigenvalue weighted by Crippen LogP contribution is 2.17. The Morgan fingerprint density at radius 3 is 2.44 bits per heavy atom. The fourth-order valence-electron chi connectivity index (χ4n) is 1.91. The highest BCUT2D eigenvalue weighted by molar-refractivity contribution is 5.95. The molecule has 1 aromatic carbocycles. The number of rotatable bonds is 8. The molecule has 1 aromatic heterocycles. The zero-order valence-electron chi connectivity index (χ0n) is 14.1. The van der Waals surface area contributed by atoms with Gasteiger partial charge in [-0.1, -0.05) is 0 Å². The van der Waals surface area contributed by atoms with Gasteiger partial charge in [-0.05, 0) is 43.3 Å². The number of furan rings is 1. The molecule has 0 radical (unpaired) electrons. The van der Waals surface area contributed by atoms with Crippen molar-refractivity contribution in [2.75, 3.05) is 11.9 Å². The molecule has 2 N–H and O–H groups in total. The number of ether oxygens (including phenoxy) is 2. The molecule has 0 aliphatic carbocycles. The highest BCUT2D eigenvalue weighted by atomic mass is 19.3. The molecule has 2 aromatic rings. The molecule has 1 atom stereocenters. The normalized spacial score (nSPS) is 11.6. The molecule has 0 spiro atoms. The molecule has 2 amide bonds. The Bertz CT molecular complexity index is 777. The number of anilines is 1. The lowest BCUT2D eigenvalue weighted by Gasteiger charge is -2.12. The van der Waals surface area contributed by atoms with E-state index in [9.17, 15) is 23.2 Å². The third kappa shape index (κ3) is 6.42. The van der Waals surface area contributed by atoms with Crippen LogP contribution in [0.1, 0.15) is 17.5 Å². The smallest absolute Gasteiger partial charge is 0.387 e. The summed E-state index contributed by atoms with van der Waals surface area (Å²) in [6.07, 6.45) is 1.31. The van der Waals surface area contributed by atoms with Crippen molar-refractivity contribution in [1.82, 2.24) is 5.32 Å². The lowest BCUT2D eigenvalue weighted by Crippen LogP contribution is -2.40. The molecule has 0 bridgehead atoms. The van der Waals surface area contributed by atoms with Crippen LogP contribution in [0.3, 0.4) is 0 Å². The van der Waals surface area contributed by atoms with Crippen LogP contribution in [-0.2, 0) is 14.3 Å². The van der Waals surface area contributed by atoms with E-state index in [-0.39, 0.29) is 11.5 Å². The van der Waals surface area contributed by atoms with Crippen LogP contribution in [0.5, 0.6) is 5.75 Å². The van der Waals surface area contributed by atoms with E-state index in [1.165, 1.54) is 49.6 Å². The zero-order chi connectivity index (χ0) is 19.8. The molecular formula is C17H16F2N2O6. The summed E-state index contributed by atoms with van der Waals surface area (Å²) in [5.41, 5.74) is 0.303. The first kappa shape index (κ1) is 19.9. The van der Waals surface area contributed by atoms with Crippen LogP contribution in [0.4, 0.5) is 14.5 Å². The minimum atomic E-state index is -2.94. The van der Waals surface area contributed by atoms with E-state index in [2.05, 4.69) is 15.4 Å². The number of hydrogen-bond donors (Lipinski definition) is 2. The predicted molar refractivity (Wildman–Crippen MR) is 88.3 cm³/mol. The quantitative estimate of drug-likeness (QED) is 0.678. The number of esters is 1. The largest absolute Gasteiger partial charge is 0.459 e. The van der Waals surface area contributed by atoms with Gasteiger partial charge in [-0.15, -0.1) is 0 Å². The molecule has 10 heteroatoms. The van der Waals surface area contributed by atoms with Gasteiger partial charge in [-0.25, -0.2) is 4.79 Å². The Morgan fingerprint density at radius 1 is 1.15 bits per heavy atom. The monoisotopic (exact) mass is 382 g/mol. The fraction of sp³-hybridized carbons (Fsp3) is 0.235. The van der Waals surface area contributed by atoms with Crippen molar-refractivity contribution in [1.29, 1.82) is 0 Å². The third-order valence-corrected chi connectivity index (χ3v) is 3.15. The summed E-state index contributed by atoms with van der Waals surface area (Å²) in [7, 11) is 0. The van der Waals surface area contributed by atoms with Gasteiger partial charge >= 0.3 is 12.6 Å². The number of hydrogen-bond acceptors (Lipinski definition) is 6. The maximum absolute atomic E-state index is 12.1. The van der Waals surface area contributed by atoms with Crippen molar-refractivity contribution in [3.05, 3.63) is 48.4 Å². The summed E-state index contributed by atoms with van der Waals surface area (Å²) >= 11 is 0. The molecule has 144 valence electrons. The molecule has 0 saturated carbocycles. The van der Waals surface area contributed by atoms with E-state index < -0.39 is 37.0 Å². The standard InChI is InChI=1S/C17H16F2N2O6/c1-10(20-15(23)13-3-2-8-25-13)16(24)26-9-14(22)21-11-4-6-12(7-5-11)27-17(18)19/h2-8,10,17H,9H2,1H3,(H,20,23)(H,21,22)/t10-/m0/s1. The third-order valence-electron chi connectivity index (χ3n) is 3.15. The first-order chi connectivity index (χ1) is 12.8. The lowest BCUT2D eigenvalue weighted by molar-refractivity contribution is -0.148. The SMILES string of the molecule is C[C@H](NC(=O)c1ccco1)C(=O)OCC(=O)Nc1ccc(OC(F)F)cc1. The van der Waals surface area contributed by atoms with E-state index in [1.54, 1.807) is 0 Å². The number of benzene rings is 1. The van der Waals surface area contributed by atoms with Crippen molar-refractivity contribution in [3.63, 3.8) is 0 Å². The van der Waals surface area contributed by atoms with Crippen LogP contribution in [0.25, 0.3) is 0 Å². The molecule has 0 aliphatic rings. The number of amides is 2. The predicted octanol–water partition coefficient (Wildman–Crippen LogP) is 2.18. The van der Waals surface area contributed by atoms with E-state index >= 15 is 0 Å². The Labute approximate surface area is 152 Å². The fourth-order valence-corrected chi connectivity index (χ4v) is 1.91. The van der Waals surface area contributed by atoms with Crippen molar-refractivity contribution in [3.8, 4) is 5.75 Å². The van der Waals surface area contributed by atoms with E-state index in [0.717, 1.165) is 0 Å². The van der Waals surface area contributed by atoms with Crippen molar-refractivity contribution < 1.29 is 37.1 Å². The topological polar surface area (TPSA) is 107 Å². The second-order valence-corrected chi connectivity index (χ2v) is 5.23. The average molecular weight is 382 g/mol. The van der Waals surface area contributed by atoms with Gasteiger partial charge in [0.05, 0.1) is 6.26 Å². The summed E-state index contributed by atoms with van der Waals surface area (Å²) in [4.78, 5) is 35.3. The van der Waals surface area contributed by atoms with Gasteiger partial charge in [0.15, 0.2) is 12.4 Å². The molecule has 0 unspecified atom stereocenters. The molecular weight excluding hydrogens is 366 g/mol. The summed E-state index contributed by atoms with van der Waals surface area (Å²) in [5.74, 6) is -2.08. The second kappa shape index (κ2) is 9.32. The summed E-state index contributed by atoms with van der Waals surface area (Å²) < 4.78 is 38.0. The van der Waals surface area contributed by atoms with Gasteiger partial charge < -0.3 is 24.5 Å². The number of carbonyl (C=O) groups is 3. The van der Waals surface area contributed by atoms with E-state index in [1.807, 2.05) is 0 Å². The van der Waals surface area contributed by atoms with Gasteiger partial charge in [0.1, 0.15) is 11.8 Å². The minimum absolute atomic E-state index is 0.0339. The number of halogens is 2. The second-order valence-electron chi connectivity index (χ2n) is 5.23. The van der Waals surface area contributed by atoms with Crippen molar-refractivity contribution in [2.24, 2.45) is 0 Å². The molecule has 0 saturated heterocycles. The summed E-state index contributed by atoms with van der Waals surface area (Å²) in [5, 5.41) is 4.78. The van der Waals surface area contributed by atoms with Gasteiger partial charge in [-0.2, -0.15) is 8.78 Å². The number of carbonyl (C=O) groups excluding carboxylic acids is 3. The molecule has 0 fully saturated rings. The van der Waals surface area contributed by atoms with Crippen LogP contribution >= 0.6 is 0 Å². The van der Waals surface area contributed by atoms with Crippen LogP contribution in [-0.4, -0.2) is 37.0 Å². The molecule has 2 rings (SSSR count). The van der Waals surface area contributed by atoms with Crippen LogP contribution in [0.2, 0.25) is 0 Å². The van der Waals surface area contributed by atoms with Crippen LogP contribution in [0.15, 0.2) is 47.1 Å². The Balaban J connectivity index is 1.75. The van der Waals surface area contributed by atoms with Gasteiger partial charge in [0.2, 0.25) is 0 Å². The summed E-state index contributed by atoms with van der Waals surface area (Å²) in [6.45, 7) is -2.14.